The number of esters is 1. The Balaban J connectivity index is 1.65. The number of aromatic nitrogens is 1. The average Bonchev–Trinajstić information content (AvgIpc) is 3.21. The summed E-state index contributed by atoms with van der Waals surface area (Å²) in [4.78, 5) is 20.9. The smallest absolute Gasteiger partial charge is 0.459 e. The van der Waals surface area contributed by atoms with Gasteiger partial charge in [0.1, 0.15) is 17.1 Å². The van der Waals surface area contributed by atoms with Crippen LogP contribution in [-0.4, -0.2) is 60.7 Å². The maximum Gasteiger partial charge on any atom is 0.461 e. The Bertz CT molecular complexity index is 958. The quantitative estimate of drug-likeness (QED) is 0.396. The minimum absolute atomic E-state index is 0.0631. The van der Waals surface area contributed by atoms with Crippen molar-refractivity contribution >= 4 is 11.8 Å². The fraction of sp³-hybridized carbons (Fsp3) is 0.478. The molecule has 1 atom stereocenters. The summed E-state index contributed by atoms with van der Waals surface area (Å²) in [6.45, 7) is 5.37. The highest BCUT2D eigenvalue weighted by molar-refractivity contribution is 5.94. The third-order valence-electron chi connectivity index (χ3n) is 5.29. The number of carbonyl (C=O) groups is 1. The summed E-state index contributed by atoms with van der Waals surface area (Å²) in [7, 11) is 1.86. The minimum atomic E-state index is -4.54. The number of alkyl halides is 4. The minimum Gasteiger partial charge on any atom is -0.459 e. The van der Waals surface area contributed by atoms with E-state index in [1.54, 1.807) is 38.2 Å². The molecule has 0 bridgehead atoms. The van der Waals surface area contributed by atoms with E-state index >= 15 is 0 Å². The summed E-state index contributed by atoms with van der Waals surface area (Å²) in [5.41, 5.74) is 1.05. The number of pyridine rings is 1. The number of likely N-dealkylation sites (tertiary alicyclic amines) is 1. The topological polar surface area (TPSA) is 54.9 Å². The fourth-order valence-corrected chi connectivity index (χ4v) is 3.73. The maximum atomic E-state index is 13.2. The molecule has 0 amide bonds. The van der Waals surface area contributed by atoms with Crippen molar-refractivity contribution in [1.29, 1.82) is 0 Å². The van der Waals surface area contributed by atoms with E-state index in [9.17, 15) is 22.4 Å². The van der Waals surface area contributed by atoms with Crippen LogP contribution in [-0.2, 0) is 11.3 Å². The van der Waals surface area contributed by atoms with Crippen molar-refractivity contribution in [3.05, 3.63) is 53.7 Å². The van der Waals surface area contributed by atoms with Gasteiger partial charge in [0, 0.05) is 38.9 Å². The second-order valence-electron chi connectivity index (χ2n) is 8.23. The molecule has 33 heavy (non-hydrogen) atoms. The van der Waals surface area contributed by atoms with Crippen molar-refractivity contribution in [2.45, 2.75) is 51.5 Å². The zero-order valence-corrected chi connectivity index (χ0v) is 18.7. The molecule has 180 valence electrons. The molecule has 1 aromatic carbocycles. The van der Waals surface area contributed by atoms with Crippen LogP contribution in [0.25, 0.3) is 0 Å². The van der Waals surface area contributed by atoms with E-state index in [0.29, 0.717) is 30.0 Å². The second-order valence-corrected chi connectivity index (χ2v) is 8.23. The molecular formula is C23H27F4N3O3. The van der Waals surface area contributed by atoms with E-state index in [0.717, 1.165) is 13.0 Å². The first kappa shape index (κ1) is 24.8. The molecular weight excluding hydrogens is 442 g/mol. The molecule has 1 aromatic heterocycles. The van der Waals surface area contributed by atoms with Crippen LogP contribution in [0.2, 0.25) is 0 Å². The van der Waals surface area contributed by atoms with E-state index < -0.39 is 18.5 Å². The molecule has 0 N–H and O–H groups in total. The van der Waals surface area contributed by atoms with Crippen molar-refractivity contribution < 1.29 is 31.8 Å². The third-order valence-corrected chi connectivity index (χ3v) is 5.29. The summed E-state index contributed by atoms with van der Waals surface area (Å²) in [6, 6.07) is 9.20. The zero-order chi connectivity index (χ0) is 24.2. The van der Waals surface area contributed by atoms with Gasteiger partial charge in [-0.05, 0) is 50.1 Å². The first-order valence-corrected chi connectivity index (χ1v) is 10.6. The van der Waals surface area contributed by atoms with Crippen LogP contribution in [0.1, 0.15) is 36.2 Å². The van der Waals surface area contributed by atoms with Crippen LogP contribution in [0.3, 0.4) is 0 Å². The van der Waals surface area contributed by atoms with Gasteiger partial charge in [-0.3, -0.25) is 4.90 Å². The summed E-state index contributed by atoms with van der Waals surface area (Å²) in [5.74, 6) is -0.223. The number of hydrogen-bond donors (Lipinski definition) is 0. The van der Waals surface area contributed by atoms with Crippen molar-refractivity contribution in [3.63, 3.8) is 0 Å². The highest BCUT2D eigenvalue weighted by Crippen LogP contribution is 2.29. The average molecular weight is 469 g/mol. The molecule has 2 aromatic rings. The number of likely N-dealkylation sites (N-methyl/N-ethyl adjacent to an activating group) is 1. The van der Waals surface area contributed by atoms with E-state index in [1.165, 1.54) is 18.2 Å². The summed E-state index contributed by atoms with van der Waals surface area (Å²) < 4.78 is 60.7. The highest BCUT2D eigenvalue weighted by Gasteiger charge is 2.44. The summed E-state index contributed by atoms with van der Waals surface area (Å²) in [6.07, 6.45) is -6.29. The van der Waals surface area contributed by atoms with Gasteiger partial charge in [-0.2, -0.15) is 17.6 Å². The first-order chi connectivity index (χ1) is 15.6. The largest absolute Gasteiger partial charge is 0.461 e. The Hall–Kier alpha value is -2.88. The normalized spacial score (nSPS) is 16.9. The molecule has 1 saturated heterocycles. The molecule has 2 heterocycles. The van der Waals surface area contributed by atoms with Gasteiger partial charge >= 0.3 is 18.5 Å². The lowest BCUT2D eigenvalue weighted by Gasteiger charge is -2.27. The van der Waals surface area contributed by atoms with Gasteiger partial charge in [0.15, 0.2) is 0 Å². The van der Waals surface area contributed by atoms with Gasteiger partial charge in [-0.15, -0.1) is 0 Å². The van der Waals surface area contributed by atoms with Crippen molar-refractivity contribution in [1.82, 2.24) is 9.88 Å². The van der Waals surface area contributed by atoms with Gasteiger partial charge in [-0.25, -0.2) is 9.78 Å². The van der Waals surface area contributed by atoms with Crippen LogP contribution in [0.4, 0.5) is 23.4 Å². The van der Waals surface area contributed by atoms with Crippen molar-refractivity contribution in [3.8, 4) is 5.75 Å². The van der Waals surface area contributed by atoms with E-state index in [4.69, 9.17) is 4.74 Å². The first-order valence-electron chi connectivity index (χ1n) is 10.6. The Labute approximate surface area is 190 Å². The van der Waals surface area contributed by atoms with Crippen LogP contribution in [0, 0.1) is 0 Å². The Morgan fingerprint density at radius 3 is 2.73 bits per heavy atom. The molecule has 0 spiro atoms. The predicted molar refractivity (Wildman–Crippen MR) is 115 cm³/mol. The van der Waals surface area contributed by atoms with Crippen molar-refractivity contribution in [2.75, 3.05) is 25.0 Å². The second kappa shape index (κ2) is 10.4. The maximum absolute atomic E-state index is 13.2. The molecule has 1 unspecified atom stereocenters. The lowest BCUT2D eigenvalue weighted by atomic mass is 10.2. The van der Waals surface area contributed by atoms with Gasteiger partial charge < -0.3 is 14.4 Å². The Morgan fingerprint density at radius 1 is 1.27 bits per heavy atom. The molecule has 1 fully saturated rings. The van der Waals surface area contributed by atoms with Crippen LogP contribution in [0.15, 0.2) is 42.6 Å². The molecule has 1 aliphatic heterocycles. The summed E-state index contributed by atoms with van der Waals surface area (Å²) in [5, 5.41) is 0. The Morgan fingerprint density at radius 2 is 2.03 bits per heavy atom. The molecule has 1 aliphatic rings. The van der Waals surface area contributed by atoms with Crippen LogP contribution >= 0.6 is 0 Å². The number of halogens is 4. The molecule has 3 rings (SSSR count). The number of carbonyl (C=O) groups excluding carboxylic acids is 1. The fourth-order valence-electron chi connectivity index (χ4n) is 3.73. The SMILES string of the molecule is CC(C)OC(=O)c1cccnc1N(C)C1CCN(Cc2cccc(OC(F)(F)C(F)F)c2)C1. The van der Waals surface area contributed by atoms with E-state index in [2.05, 4.69) is 14.6 Å². The summed E-state index contributed by atoms with van der Waals surface area (Å²) >= 11 is 0. The number of nitrogens with zero attached hydrogens (tertiary/aromatic N) is 3. The van der Waals surface area contributed by atoms with Crippen LogP contribution < -0.4 is 9.64 Å². The lowest BCUT2D eigenvalue weighted by molar-refractivity contribution is -0.253. The molecule has 0 saturated carbocycles. The standard InChI is InChI=1S/C23H27F4N3O3/c1-15(2)32-21(31)19-8-5-10-28-20(19)29(3)17-9-11-30(14-17)13-16-6-4-7-18(12-16)33-23(26,27)22(24)25/h4-8,10,12,15,17,22H,9,11,13-14H2,1-3H3. The molecule has 10 heteroatoms. The number of anilines is 1. The Kier molecular flexibility index (Phi) is 7.78. The van der Waals surface area contributed by atoms with E-state index in [-0.39, 0.29) is 17.9 Å². The van der Waals surface area contributed by atoms with Gasteiger partial charge in [0.05, 0.1) is 6.10 Å². The number of rotatable bonds is 9. The van der Waals surface area contributed by atoms with Gasteiger partial charge in [-0.1, -0.05) is 12.1 Å². The van der Waals surface area contributed by atoms with Gasteiger partial charge in [0.25, 0.3) is 0 Å². The molecule has 0 radical (unpaired) electrons. The number of benzene rings is 1. The zero-order valence-electron chi connectivity index (χ0n) is 18.7. The van der Waals surface area contributed by atoms with E-state index in [1.807, 2.05) is 11.9 Å². The predicted octanol–water partition coefficient (Wildman–Crippen LogP) is 4.59. The lowest BCUT2D eigenvalue weighted by Crippen LogP contribution is -2.36. The number of ether oxygens (including phenoxy) is 2. The van der Waals surface area contributed by atoms with Crippen LogP contribution in [0.5, 0.6) is 5.75 Å². The highest BCUT2D eigenvalue weighted by atomic mass is 19.3. The number of hydrogen-bond acceptors (Lipinski definition) is 6. The molecule has 6 nitrogen and oxygen atoms in total. The van der Waals surface area contributed by atoms with Crippen molar-refractivity contribution in [2.24, 2.45) is 0 Å². The molecule has 0 aliphatic carbocycles. The van der Waals surface area contributed by atoms with Gasteiger partial charge in [0.2, 0.25) is 0 Å². The monoisotopic (exact) mass is 469 g/mol. The third kappa shape index (κ3) is 6.34.